The second-order valence-corrected chi connectivity index (χ2v) is 8.26. The number of rotatable bonds is 6. The highest BCUT2D eigenvalue weighted by molar-refractivity contribution is 7.90. The lowest BCUT2D eigenvalue weighted by Crippen LogP contribution is -2.48. The van der Waals surface area contributed by atoms with Gasteiger partial charge in [0, 0.05) is 19.3 Å². The summed E-state index contributed by atoms with van der Waals surface area (Å²) in [5.41, 5.74) is 0. The fourth-order valence-corrected chi connectivity index (χ4v) is 3.01. The highest BCUT2D eigenvalue weighted by atomic mass is 32.2. The third-order valence-electron chi connectivity index (χ3n) is 3.83. The highest BCUT2D eigenvalue weighted by Crippen LogP contribution is 2.23. The van der Waals surface area contributed by atoms with E-state index in [0.29, 0.717) is 24.9 Å². The van der Waals surface area contributed by atoms with Crippen LogP contribution in [-0.2, 0) is 14.6 Å². The number of carbonyl (C=O) groups excluding carboxylic acids is 1. The number of nitrogens with one attached hydrogen (secondary N) is 1. The summed E-state index contributed by atoms with van der Waals surface area (Å²) in [6, 6.07) is -1.61. The summed E-state index contributed by atoms with van der Waals surface area (Å²) in [5.74, 6) is -0.580. The Kier molecular flexibility index (Phi) is 6.00. The predicted molar refractivity (Wildman–Crippen MR) is 78.8 cm³/mol. The smallest absolute Gasteiger partial charge is 0.326 e. The van der Waals surface area contributed by atoms with E-state index in [-0.39, 0.29) is 12.2 Å². The van der Waals surface area contributed by atoms with Gasteiger partial charge in [0.15, 0.2) is 0 Å². The normalized spacial score (nSPS) is 20.6. The molecule has 1 aliphatic rings. The number of hydrogen-bond donors (Lipinski definition) is 2. The van der Waals surface area contributed by atoms with Gasteiger partial charge in [0.25, 0.3) is 0 Å². The summed E-state index contributed by atoms with van der Waals surface area (Å²) < 4.78 is 22.2. The SMILES string of the molecule is CC(C)C1CCN(C(=O)NC(CCS(C)(=O)=O)C(=O)O)C1. The van der Waals surface area contributed by atoms with Gasteiger partial charge >= 0.3 is 12.0 Å². The molecule has 21 heavy (non-hydrogen) atoms. The monoisotopic (exact) mass is 320 g/mol. The number of carbonyl (C=O) groups is 2. The van der Waals surface area contributed by atoms with Crippen molar-refractivity contribution in [1.29, 1.82) is 0 Å². The Labute approximate surface area is 125 Å². The van der Waals surface area contributed by atoms with Crippen molar-refractivity contribution in [3.05, 3.63) is 0 Å². The van der Waals surface area contributed by atoms with Crippen LogP contribution in [0.15, 0.2) is 0 Å². The second kappa shape index (κ2) is 7.11. The van der Waals surface area contributed by atoms with Crippen LogP contribution in [0, 0.1) is 11.8 Å². The molecule has 2 N–H and O–H groups in total. The molecule has 7 nitrogen and oxygen atoms in total. The van der Waals surface area contributed by atoms with Crippen molar-refractivity contribution < 1.29 is 23.1 Å². The molecule has 1 rings (SSSR count). The van der Waals surface area contributed by atoms with E-state index in [0.717, 1.165) is 12.7 Å². The standard InChI is InChI=1S/C13H24N2O5S/c1-9(2)10-4-6-15(8-10)13(18)14-11(12(16)17)5-7-21(3,19)20/h9-11H,4-8H2,1-3H3,(H,14,18)(H,16,17). The largest absolute Gasteiger partial charge is 0.480 e. The van der Waals surface area contributed by atoms with Gasteiger partial charge in [-0.2, -0.15) is 0 Å². The van der Waals surface area contributed by atoms with Crippen molar-refractivity contribution >= 4 is 21.8 Å². The summed E-state index contributed by atoms with van der Waals surface area (Å²) in [5, 5.41) is 11.5. The van der Waals surface area contributed by atoms with Gasteiger partial charge in [-0.1, -0.05) is 13.8 Å². The van der Waals surface area contributed by atoms with Crippen LogP contribution in [0.1, 0.15) is 26.7 Å². The van der Waals surface area contributed by atoms with Gasteiger partial charge in [-0.15, -0.1) is 0 Å². The summed E-state index contributed by atoms with van der Waals surface area (Å²) in [4.78, 5) is 24.8. The number of urea groups is 1. The first-order chi connectivity index (χ1) is 9.60. The minimum atomic E-state index is -3.26. The van der Waals surface area contributed by atoms with Crippen LogP contribution in [-0.4, -0.2) is 61.6 Å². The molecule has 1 heterocycles. The lowest BCUT2D eigenvalue weighted by molar-refractivity contribution is -0.139. The maximum absolute atomic E-state index is 12.1. The van der Waals surface area contributed by atoms with Gasteiger partial charge in [-0.05, 0) is 24.7 Å². The Balaban J connectivity index is 2.55. The van der Waals surface area contributed by atoms with Crippen LogP contribution < -0.4 is 5.32 Å². The van der Waals surface area contributed by atoms with E-state index in [2.05, 4.69) is 19.2 Å². The lowest BCUT2D eigenvalue weighted by Gasteiger charge is -2.21. The van der Waals surface area contributed by atoms with E-state index in [1.165, 1.54) is 0 Å². The molecular weight excluding hydrogens is 296 g/mol. The number of nitrogens with zero attached hydrogens (tertiary/aromatic N) is 1. The van der Waals surface area contributed by atoms with Crippen LogP contribution >= 0.6 is 0 Å². The van der Waals surface area contributed by atoms with Crippen molar-refractivity contribution in [2.75, 3.05) is 25.1 Å². The summed E-state index contributed by atoms with van der Waals surface area (Å²) in [7, 11) is -3.26. The summed E-state index contributed by atoms with van der Waals surface area (Å²) in [6.07, 6.45) is 1.83. The molecule has 0 aromatic rings. The van der Waals surface area contributed by atoms with E-state index in [9.17, 15) is 18.0 Å². The maximum Gasteiger partial charge on any atom is 0.326 e. The predicted octanol–water partition coefficient (Wildman–Crippen LogP) is 0.562. The van der Waals surface area contributed by atoms with E-state index < -0.39 is 27.9 Å². The quantitative estimate of drug-likeness (QED) is 0.744. The number of likely N-dealkylation sites (tertiary alicyclic amines) is 1. The number of carboxylic acids is 1. The number of carboxylic acid groups (broad SMARTS) is 1. The minimum absolute atomic E-state index is 0.124. The number of sulfone groups is 1. The zero-order valence-electron chi connectivity index (χ0n) is 12.7. The van der Waals surface area contributed by atoms with E-state index >= 15 is 0 Å². The zero-order chi connectivity index (χ0) is 16.2. The van der Waals surface area contributed by atoms with Crippen molar-refractivity contribution in [2.45, 2.75) is 32.7 Å². The Morgan fingerprint density at radius 2 is 2.00 bits per heavy atom. The van der Waals surface area contributed by atoms with Crippen LogP contribution in [0.25, 0.3) is 0 Å². The van der Waals surface area contributed by atoms with Crippen LogP contribution in [0.4, 0.5) is 4.79 Å². The molecule has 1 saturated heterocycles. The summed E-state index contributed by atoms with van der Waals surface area (Å²) in [6.45, 7) is 5.41. The molecule has 0 saturated carbocycles. The molecule has 0 spiro atoms. The zero-order valence-corrected chi connectivity index (χ0v) is 13.5. The Bertz CT molecular complexity index is 489. The van der Waals surface area contributed by atoms with Crippen molar-refractivity contribution in [2.24, 2.45) is 11.8 Å². The van der Waals surface area contributed by atoms with Crippen LogP contribution in [0.3, 0.4) is 0 Å². The highest BCUT2D eigenvalue weighted by Gasteiger charge is 2.30. The van der Waals surface area contributed by atoms with Crippen molar-refractivity contribution in [1.82, 2.24) is 10.2 Å². The molecule has 0 aliphatic carbocycles. The van der Waals surface area contributed by atoms with Crippen molar-refractivity contribution in [3.63, 3.8) is 0 Å². The van der Waals surface area contributed by atoms with E-state index in [1.54, 1.807) is 4.90 Å². The van der Waals surface area contributed by atoms with Gasteiger partial charge in [-0.3, -0.25) is 0 Å². The van der Waals surface area contributed by atoms with E-state index in [1.807, 2.05) is 0 Å². The number of amides is 2. The first kappa shape index (κ1) is 17.7. The molecule has 2 atom stereocenters. The number of hydrogen-bond acceptors (Lipinski definition) is 4. The first-order valence-electron chi connectivity index (χ1n) is 7.06. The van der Waals surface area contributed by atoms with Gasteiger partial charge in [-0.25, -0.2) is 18.0 Å². The minimum Gasteiger partial charge on any atom is -0.480 e. The molecule has 8 heteroatoms. The third-order valence-corrected chi connectivity index (χ3v) is 4.81. The molecule has 0 aromatic carbocycles. The molecule has 0 aromatic heterocycles. The molecule has 0 radical (unpaired) electrons. The van der Waals surface area contributed by atoms with Crippen LogP contribution in [0.2, 0.25) is 0 Å². The Morgan fingerprint density at radius 3 is 2.43 bits per heavy atom. The van der Waals surface area contributed by atoms with Crippen molar-refractivity contribution in [3.8, 4) is 0 Å². The molecular formula is C13H24N2O5S. The van der Waals surface area contributed by atoms with Gasteiger partial charge in [0.1, 0.15) is 15.9 Å². The van der Waals surface area contributed by atoms with Crippen LogP contribution in [0.5, 0.6) is 0 Å². The van der Waals surface area contributed by atoms with Gasteiger partial charge < -0.3 is 15.3 Å². The average Bonchev–Trinajstić information content (AvgIpc) is 2.82. The Morgan fingerprint density at radius 1 is 1.38 bits per heavy atom. The van der Waals surface area contributed by atoms with Gasteiger partial charge in [0.2, 0.25) is 0 Å². The first-order valence-corrected chi connectivity index (χ1v) is 9.12. The molecule has 0 bridgehead atoms. The second-order valence-electron chi connectivity index (χ2n) is 6.00. The van der Waals surface area contributed by atoms with Gasteiger partial charge in [0.05, 0.1) is 5.75 Å². The fraction of sp³-hybridized carbons (Fsp3) is 0.846. The topological polar surface area (TPSA) is 104 Å². The molecule has 1 aliphatic heterocycles. The third kappa shape index (κ3) is 5.91. The molecule has 1 fully saturated rings. The number of aliphatic carboxylic acids is 1. The average molecular weight is 320 g/mol. The molecule has 2 amide bonds. The Hall–Kier alpha value is -1.31. The molecule has 122 valence electrons. The maximum atomic E-state index is 12.1. The fourth-order valence-electron chi connectivity index (χ4n) is 2.35. The molecule has 2 unspecified atom stereocenters. The van der Waals surface area contributed by atoms with E-state index in [4.69, 9.17) is 5.11 Å². The lowest BCUT2D eigenvalue weighted by atomic mass is 9.95. The summed E-state index contributed by atoms with van der Waals surface area (Å²) >= 11 is 0.